The van der Waals surface area contributed by atoms with Crippen LogP contribution in [0.4, 0.5) is 0 Å². The monoisotopic (exact) mass is 452 g/mol. The van der Waals surface area contributed by atoms with Gasteiger partial charge in [-0.1, -0.05) is 50.1 Å². The summed E-state index contributed by atoms with van der Waals surface area (Å²) in [6, 6.07) is 18.5. The van der Waals surface area contributed by atoms with Gasteiger partial charge in [-0.2, -0.15) is 5.26 Å². The zero-order valence-electron chi connectivity index (χ0n) is 19.9. The fourth-order valence-corrected chi connectivity index (χ4v) is 4.98. The van der Waals surface area contributed by atoms with Gasteiger partial charge >= 0.3 is 0 Å². The Morgan fingerprint density at radius 3 is 2.62 bits per heavy atom. The van der Waals surface area contributed by atoms with Crippen LogP contribution in [0.2, 0.25) is 0 Å². The Labute approximate surface area is 201 Å². The van der Waals surface area contributed by atoms with Gasteiger partial charge in [0, 0.05) is 30.1 Å². The lowest BCUT2D eigenvalue weighted by atomic mass is 9.99. The van der Waals surface area contributed by atoms with Gasteiger partial charge in [-0.15, -0.1) is 0 Å². The summed E-state index contributed by atoms with van der Waals surface area (Å²) in [6.45, 7) is 4.74. The maximum Gasteiger partial charge on any atom is 0.254 e. The van der Waals surface area contributed by atoms with E-state index in [1.54, 1.807) is 12.1 Å². The number of nitrogens with zero attached hydrogens (tertiary/aromatic N) is 3. The molecule has 0 spiro atoms. The highest BCUT2D eigenvalue weighted by Crippen LogP contribution is 2.33. The maximum atomic E-state index is 13.8. The normalized spacial score (nSPS) is 17.6. The zero-order chi connectivity index (χ0) is 23.5. The maximum absolute atomic E-state index is 13.8. The van der Waals surface area contributed by atoms with E-state index in [4.69, 9.17) is 4.98 Å². The van der Waals surface area contributed by atoms with Crippen molar-refractivity contribution in [3.63, 3.8) is 0 Å². The number of rotatable bonds is 8. The Morgan fingerprint density at radius 2 is 1.94 bits per heavy atom. The fourth-order valence-electron chi connectivity index (χ4n) is 4.98. The van der Waals surface area contributed by atoms with Crippen molar-refractivity contribution < 1.29 is 4.79 Å². The molecule has 2 heterocycles. The third kappa shape index (κ3) is 4.83. The van der Waals surface area contributed by atoms with Crippen molar-refractivity contribution in [3.8, 4) is 17.3 Å². The molecule has 1 aliphatic carbocycles. The molecule has 1 saturated heterocycles. The second-order valence-corrected chi connectivity index (χ2v) is 9.69. The highest BCUT2D eigenvalue weighted by atomic mass is 16.2. The van der Waals surface area contributed by atoms with E-state index in [9.17, 15) is 10.1 Å². The number of fused-ring (bicyclic) bond motifs is 1. The van der Waals surface area contributed by atoms with Crippen LogP contribution in [0.25, 0.3) is 22.2 Å². The Bertz CT molecular complexity index is 1220. The molecule has 34 heavy (non-hydrogen) atoms. The van der Waals surface area contributed by atoms with Crippen LogP contribution in [0.15, 0.2) is 48.5 Å². The van der Waals surface area contributed by atoms with Crippen LogP contribution in [0.3, 0.4) is 0 Å². The smallest absolute Gasteiger partial charge is 0.254 e. The summed E-state index contributed by atoms with van der Waals surface area (Å²) in [5.74, 6) is 0.843. The molecule has 5 nitrogen and oxygen atoms in total. The van der Waals surface area contributed by atoms with Crippen molar-refractivity contribution in [3.05, 3.63) is 65.2 Å². The number of nitrogens with one attached hydrogen (secondary N) is 1. The largest absolute Gasteiger partial charge is 0.339 e. The first-order chi connectivity index (χ1) is 16.7. The van der Waals surface area contributed by atoms with Gasteiger partial charge in [-0.3, -0.25) is 4.79 Å². The van der Waals surface area contributed by atoms with Crippen molar-refractivity contribution in [1.29, 1.82) is 5.26 Å². The van der Waals surface area contributed by atoms with Crippen molar-refractivity contribution in [2.75, 3.05) is 19.6 Å². The van der Waals surface area contributed by atoms with Crippen LogP contribution < -0.4 is 5.32 Å². The van der Waals surface area contributed by atoms with Crippen molar-refractivity contribution in [2.45, 2.75) is 51.5 Å². The molecule has 2 fully saturated rings. The van der Waals surface area contributed by atoms with E-state index in [2.05, 4.69) is 42.6 Å². The van der Waals surface area contributed by atoms with Gasteiger partial charge < -0.3 is 10.2 Å². The summed E-state index contributed by atoms with van der Waals surface area (Å²) in [7, 11) is 0. The van der Waals surface area contributed by atoms with Gasteiger partial charge in [0.2, 0.25) is 0 Å². The standard InChI is InChI=1S/C29H32N4O/c1-2-15-33(16-13-20-5-6-20)29(34)25-18-27(32-28-17-21(19-30)7-12-24(25)28)23-10-8-22(9-11-23)26-4-3-14-31-26/h7-12,17-18,20,26,31H,2-6,13-16H2,1H3. The van der Waals surface area contributed by atoms with Crippen LogP contribution in [0.5, 0.6) is 0 Å². The molecule has 5 heteroatoms. The second kappa shape index (κ2) is 9.95. The van der Waals surface area contributed by atoms with E-state index < -0.39 is 0 Å². The number of hydrogen-bond donors (Lipinski definition) is 1. The van der Waals surface area contributed by atoms with Crippen LogP contribution in [0, 0.1) is 17.2 Å². The van der Waals surface area contributed by atoms with Crippen LogP contribution in [-0.4, -0.2) is 35.4 Å². The number of aromatic nitrogens is 1. The van der Waals surface area contributed by atoms with E-state index >= 15 is 0 Å². The van der Waals surface area contributed by atoms with Crippen molar-refractivity contribution in [1.82, 2.24) is 15.2 Å². The molecule has 0 bridgehead atoms. The van der Waals surface area contributed by atoms with E-state index in [0.717, 1.165) is 61.5 Å². The molecule has 2 aromatic carbocycles. The minimum atomic E-state index is 0.0626. The molecular formula is C29H32N4O. The highest BCUT2D eigenvalue weighted by Gasteiger charge is 2.25. The van der Waals surface area contributed by atoms with E-state index in [0.29, 0.717) is 22.7 Å². The molecule has 1 amide bonds. The molecule has 174 valence electrons. The summed E-state index contributed by atoms with van der Waals surface area (Å²) >= 11 is 0. The van der Waals surface area contributed by atoms with Crippen molar-refractivity contribution in [2.24, 2.45) is 5.92 Å². The SMILES string of the molecule is CCCN(CCC1CC1)C(=O)c1cc(-c2ccc(C3CCCN3)cc2)nc2cc(C#N)ccc12. The van der Waals surface area contributed by atoms with Crippen LogP contribution >= 0.6 is 0 Å². The third-order valence-corrected chi connectivity index (χ3v) is 7.12. The quantitative estimate of drug-likeness (QED) is 0.465. The van der Waals surface area contributed by atoms with Crippen molar-refractivity contribution >= 4 is 16.8 Å². The third-order valence-electron chi connectivity index (χ3n) is 7.12. The van der Waals surface area contributed by atoms with Gasteiger partial charge in [-0.05, 0) is 61.9 Å². The molecule has 1 saturated carbocycles. The highest BCUT2D eigenvalue weighted by molar-refractivity contribution is 6.07. The molecular weight excluding hydrogens is 420 g/mol. The van der Waals surface area contributed by atoms with Gasteiger partial charge in [0.15, 0.2) is 0 Å². The first-order valence-electron chi connectivity index (χ1n) is 12.6. The predicted molar refractivity (Wildman–Crippen MR) is 135 cm³/mol. The first-order valence-corrected chi connectivity index (χ1v) is 12.6. The fraction of sp³-hybridized carbons (Fsp3) is 0.414. The average Bonchev–Trinajstić information content (AvgIpc) is 3.55. The van der Waals surface area contributed by atoms with Gasteiger partial charge in [0.25, 0.3) is 5.91 Å². The second-order valence-electron chi connectivity index (χ2n) is 9.69. The minimum absolute atomic E-state index is 0.0626. The lowest BCUT2D eigenvalue weighted by molar-refractivity contribution is 0.0753. The summed E-state index contributed by atoms with van der Waals surface area (Å²) in [5.41, 5.74) is 4.97. The van der Waals surface area contributed by atoms with E-state index in [1.165, 1.54) is 24.8 Å². The predicted octanol–water partition coefficient (Wildman–Crippen LogP) is 5.85. The molecule has 2 aliphatic rings. The molecule has 1 N–H and O–H groups in total. The molecule has 1 aromatic heterocycles. The molecule has 1 atom stereocenters. The topological polar surface area (TPSA) is 69.0 Å². The first kappa shape index (κ1) is 22.6. The summed E-state index contributed by atoms with van der Waals surface area (Å²) in [4.78, 5) is 20.7. The molecule has 3 aromatic rings. The number of hydrogen-bond acceptors (Lipinski definition) is 4. The number of carbonyl (C=O) groups excluding carboxylic acids is 1. The van der Waals surface area contributed by atoms with E-state index in [1.807, 2.05) is 17.0 Å². The number of benzene rings is 2. The minimum Gasteiger partial charge on any atom is -0.339 e. The Hall–Kier alpha value is -3.23. The molecule has 0 radical (unpaired) electrons. The lowest BCUT2D eigenvalue weighted by Gasteiger charge is -2.23. The average molecular weight is 453 g/mol. The van der Waals surface area contributed by atoms with Gasteiger partial charge in [0.1, 0.15) is 0 Å². The Morgan fingerprint density at radius 1 is 1.12 bits per heavy atom. The van der Waals surface area contributed by atoms with Gasteiger partial charge in [0.05, 0.1) is 28.4 Å². The number of pyridine rings is 1. The van der Waals surface area contributed by atoms with Crippen LogP contribution in [-0.2, 0) is 0 Å². The van der Waals surface area contributed by atoms with Crippen LogP contribution in [0.1, 0.15) is 73.0 Å². The Kier molecular flexibility index (Phi) is 6.60. The number of carbonyl (C=O) groups is 1. The summed E-state index contributed by atoms with van der Waals surface area (Å²) in [5, 5.41) is 13.8. The summed E-state index contributed by atoms with van der Waals surface area (Å²) in [6.07, 6.45) is 6.97. The zero-order valence-corrected chi connectivity index (χ0v) is 19.9. The Balaban J connectivity index is 1.53. The summed E-state index contributed by atoms with van der Waals surface area (Å²) < 4.78 is 0. The number of amides is 1. The van der Waals surface area contributed by atoms with Gasteiger partial charge in [-0.25, -0.2) is 4.98 Å². The lowest BCUT2D eigenvalue weighted by Crippen LogP contribution is -2.33. The van der Waals surface area contributed by atoms with E-state index in [-0.39, 0.29) is 5.91 Å². The number of nitriles is 1. The molecule has 1 unspecified atom stereocenters. The molecule has 5 rings (SSSR count). The molecule has 1 aliphatic heterocycles.